The van der Waals surface area contributed by atoms with Gasteiger partial charge in [-0.1, -0.05) is 31.4 Å². The van der Waals surface area contributed by atoms with Gasteiger partial charge in [-0.3, -0.25) is 4.79 Å². The van der Waals surface area contributed by atoms with Gasteiger partial charge in [-0.2, -0.15) is 0 Å². The van der Waals surface area contributed by atoms with Gasteiger partial charge in [-0.25, -0.2) is 4.98 Å². The zero-order valence-electron chi connectivity index (χ0n) is 17.1. The molecular weight excluding hydrogens is 364 g/mol. The fourth-order valence-electron chi connectivity index (χ4n) is 4.31. The fraction of sp³-hybridized carbons (Fsp3) is 0.478. The van der Waals surface area contributed by atoms with Gasteiger partial charge in [0.2, 0.25) is 0 Å². The van der Waals surface area contributed by atoms with Crippen LogP contribution in [-0.2, 0) is 0 Å². The van der Waals surface area contributed by atoms with Crippen LogP contribution in [0.4, 0.5) is 11.4 Å². The number of pyridine rings is 1. The van der Waals surface area contributed by atoms with Crippen LogP contribution in [0.2, 0.25) is 0 Å². The number of benzene rings is 1. The fourth-order valence-corrected chi connectivity index (χ4v) is 4.31. The van der Waals surface area contributed by atoms with Crippen molar-refractivity contribution in [2.24, 2.45) is 0 Å². The number of methoxy groups -OCH3 is 1. The van der Waals surface area contributed by atoms with Gasteiger partial charge in [0.05, 0.1) is 24.7 Å². The average molecular weight is 395 g/mol. The minimum absolute atomic E-state index is 0.0514. The molecule has 1 amide bonds. The molecule has 1 aromatic heterocycles. The lowest BCUT2D eigenvalue weighted by molar-refractivity contribution is 0.0922. The van der Waals surface area contributed by atoms with E-state index in [1.165, 1.54) is 19.3 Å². The number of hydrogen-bond acceptors (Lipinski definition) is 5. The van der Waals surface area contributed by atoms with Gasteiger partial charge >= 0.3 is 0 Å². The molecule has 154 valence electrons. The van der Waals surface area contributed by atoms with E-state index in [1.54, 1.807) is 7.11 Å². The number of anilines is 2. The van der Waals surface area contributed by atoms with Crippen LogP contribution in [0.15, 0.2) is 42.6 Å². The average Bonchev–Trinajstić information content (AvgIpc) is 2.80. The second kappa shape index (κ2) is 9.16. The van der Waals surface area contributed by atoms with E-state index in [0.29, 0.717) is 11.7 Å². The van der Waals surface area contributed by atoms with Gasteiger partial charge in [-0.05, 0) is 37.1 Å². The molecule has 1 aromatic carbocycles. The molecule has 6 heteroatoms. The lowest BCUT2D eigenvalue weighted by atomic mass is 9.95. The predicted octanol–water partition coefficient (Wildman–Crippen LogP) is 3.48. The molecule has 2 aromatic rings. The van der Waals surface area contributed by atoms with Crippen molar-refractivity contribution in [1.82, 2.24) is 10.3 Å². The smallest absolute Gasteiger partial charge is 0.270 e. The maximum absolute atomic E-state index is 12.5. The number of carbonyl (C=O) groups is 1. The molecule has 1 aliphatic carbocycles. The van der Waals surface area contributed by atoms with Crippen molar-refractivity contribution in [3.8, 4) is 5.75 Å². The van der Waals surface area contributed by atoms with Gasteiger partial charge in [0.25, 0.3) is 5.91 Å². The molecule has 0 atom stereocenters. The van der Waals surface area contributed by atoms with Crippen LogP contribution in [0.25, 0.3) is 0 Å². The lowest BCUT2D eigenvalue weighted by Crippen LogP contribution is -2.46. The molecule has 1 saturated carbocycles. The Morgan fingerprint density at radius 1 is 1.00 bits per heavy atom. The largest absolute Gasteiger partial charge is 0.495 e. The molecule has 0 radical (unpaired) electrons. The van der Waals surface area contributed by atoms with Crippen molar-refractivity contribution in [3.05, 3.63) is 48.3 Å². The molecule has 4 rings (SSSR count). The normalized spacial score (nSPS) is 17.8. The zero-order valence-corrected chi connectivity index (χ0v) is 17.1. The van der Waals surface area contributed by atoms with E-state index in [2.05, 4.69) is 26.2 Å². The Kier molecular flexibility index (Phi) is 6.17. The summed E-state index contributed by atoms with van der Waals surface area (Å²) in [6.45, 7) is 3.66. The summed E-state index contributed by atoms with van der Waals surface area (Å²) in [5.74, 6) is 0.861. The van der Waals surface area contributed by atoms with Gasteiger partial charge in [0.15, 0.2) is 0 Å². The number of amides is 1. The van der Waals surface area contributed by atoms with Crippen LogP contribution in [0.3, 0.4) is 0 Å². The third kappa shape index (κ3) is 4.63. The summed E-state index contributed by atoms with van der Waals surface area (Å²) in [7, 11) is 1.72. The van der Waals surface area contributed by atoms with Gasteiger partial charge in [0, 0.05) is 32.2 Å². The highest BCUT2D eigenvalue weighted by atomic mass is 16.5. The van der Waals surface area contributed by atoms with E-state index in [-0.39, 0.29) is 5.91 Å². The molecule has 0 unspecified atom stereocenters. The molecule has 2 fully saturated rings. The number of aromatic nitrogens is 1. The Labute approximate surface area is 172 Å². The Hall–Kier alpha value is -2.76. The molecule has 0 bridgehead atoms. The van der Waals surface area contributed by atoms with Crippen molar-refractivity contribution in [1.29, 1.82) is 0 Å². The van der Waals surface area contributed by atoms with Gasteiger partial charge in [0.1, 0.15) is 11.4 Å². The van der Waals surface area contributed by atoms with E-state index >= 15 is 0 Å². The number of hydrogen-bond donors (Lipinski definition) is 1. The Bertz CT molecular complexity index is 810. The SMILES string of the molecule is COc1ccccc1N1CCN(c2ccc(C(=O)NC3CCCCC3)nc2)CC1. The number of rotatable bonds is 5. The topological polar surface area (TPSA) is 57.7 Å². The molecule has 6 nitrogen and oxygen atoms in total. The van der Waals surface area contributed by atoms with E-state index in [4.69, 9.17) is 4.74 Å². The van der Waals surface area contributed by atoms with Crippen LogP contribution in [-0.4, -0.2) is 50.2 Å². The summed E-state index contributed by atoms with van der Waals surface area (Å²) >= 11 is 0. The summed E-state index contributed by atoms with van der Waals surface area (Å²) in [6.07, 6.45) is 7.69. The van der Waals surface area contributed by atoms with Crippen LogP contribution in [0, 0.1) is 0 Å². The molecule has 1 aliphatic heterocycles. The van der Waals surface area contributed by atoms with Crippen LogP contribution in [0.5, 0.6) is 5.75 Å². The first-order chi connectivity index (χ1) is 14.2. The van der Waals surface area contributed by atoms with Crippen molar-refractivity contribution in [3.63, 3.8) is 0 Å². The number of para-hydroxylation sites is 2. The summed E-state index contributed by atoms with van der Waals surface area (Å²) in [5, 5.41) is 3.14. The minimum atomic E-state index is -0.0514. The quantitative estimate of drug-likeness (QED) is 0.841. The molecule has 2 aliphatic rings. The first-order valence-electron chi connectivity index (χ1n) is 10.6. The molecule has 2 heterocycles. The number of ether oxygens (including phenoxy) is 1. The first-order valence-corrected chi connectivity index (χ1v) is 10.6. The van der Waals surface area contributed by atoms with Gasteiger partial charge in [-0.15, -0.1) is 0 Å². The highest BCUT2D eigenvalue weighted by molar-refractivity contribution is 5.92. The molecule has 1 saturated heterocycles. The van der Waals surface area contributed by atoms with Crippen LogP contribution < -0.4 is 19.9 Å². The first kappa shape index (κ1) is 19.6. The summed E-state index contributed by atoms with van der Waals surface area (Å²) in [4.78, 5) is 21.6. The highest BCUT2D eigenvalue weighted by Crippen LogP contribution is 2.29. The van der Waals surface area contributed by atoms with Gasteiger partial charge < -0.3 is 19.9 Å². The monoisotopic (exact) mass is 394 g/mol. The van der Waals surface area contributed by atoms with E-state index in [0.717, 1.165) is 56.1 Å². The van der Waals surface area contributed by atoms with E-state index in [1.807, 2.05) is 36.5 Å². The molecule has 29 heavy (non-hydrogen) atoms. The number of piperazine rings is 1. The molecular formula is C23H30N4O2. The Balaban J connectivity index is 1.33. The van der Waals surface area contributed by atoms with Crippen LogP contribution in [0.1, 0.15) is 42.6 Å². The Morgan fingerprint density at radius 3 is 2.41 bits per heavy atom. The second-order valence-corrected chi connectivity index (χ2v) is 7.86. The molecule has 1 N–H and O–H groups in total. The zero-order chi connectivity index (χ0) is 20.1. The summed E-state index contributed by atoms with van der Waals surface area (Å²) < 4.78 is 5.50. The predicted molar refractivity (Wildman–Crippen MR) is 116 cm³/mol. The standard InChI is InChI=1S/C23H30N4O2/c1-29-22-10-6-5-9-21(22)27-15-13-26(14-16-27)19-11-12-20(24-17-19)23(28)25-18-7-3-2-4-8-18/h5-6,9-12,17-18H,2-4,7-8,13-16H2,1H3,(H,25,28). The van der Waals surface area contributed by atoms with Crippen molar-refractivity contribution in [2.45, 2.75) is 38.1 Å². The van der Waals surface area contributed by atoms with Crippen molar-refractivity contribution in [2.75, 3.05) is 43.1 Å². The maximum Gasteiger partial charge on any atom is 0.270 e. The minimum Gasteiger partial charge on any atom is -0.495 e. The highest BCUT2D eigenvalue weighted by Gasteiger charge is 2.21. The maximum atomic E-state index is 12.5. The van der Waals surface area contributed by atoms with E-state index in [9.17, 15) is 4.79 Å². The third-order valence-electron chi connectivity index (χ3n) is 5.99. The third-order valence-corrected chi connectivity index (χ3v) is 5.99. The number of carbonyl (C=O) groups excluding carboxylic acids is 1. The number of nitrogens with zero attached hydrogens (tertiary/aromatic N) is 3. The van der Waals surface area contributed by atoms with Crippen molar-refractivity contribution < 1.29 is 9.53 Å². The van der Waals surface area contributed by atoms with Crippen LogP contribution >= 0.6 is 0 Å². The molecule has 0 spiro atoms. The summed E-state index contributed by atoms with van der Waals surface area (Å²) in [5.41, 5.74) is 2.72. The van der Waals surface area contributed by atoms with E-state index < -0.39 is 0 Å². The van der Waals surface area contributed by atoms with Crippen molar-refractivity contribution >= 4 is 17.3 Å². The lowest BCUT2D eigenvalue weighted by Gasteiger charge is -2.37. The Morgan fingerprint density at radius 2 is 1.72 bits per heavy atom. The number of nitrogens with one attached hydrogen (secondary N) is 1. The summed E-state index contributed by atoms with van der Waals surface area (Å²) in [6, 6.07) is 12.3. The second-order valence-electron chi connectivity index (χ2n) is 7.86.